The van der Waals surface area contributed by atoms with E-state index in [-0.39, 0.29) is 34.9 Å². The number of rotatable bonds is 10. The first-order valence-corrected chi connectivity index (χ1v) is 12.6. The van der Waals surface area contributed by atoms with E-state index in [1.165, 1.54) is 36.8 Å². The van der Waals surface area contributed by atoms with Gasteiger partial charge >= 0.3 is 18.0 Å². The molecule has 0 saturated carbocycles. The van der Waals surface area contributed by atoms with Gasteiger partial charge in [0.15, 0.2) is 0 Å². The van der Waals surface area contributed by atoms with Crippen molar-refractivity contribution in [1.82, 2.24) is 15.4 Å². The predicted octanol–water partition coefficient (Wildman–Crippen LogP) is 2.38. The summed E-state index contributed by atoms with van der Waals surface area (Å²) in [6, 6.07) is 9.96. The topological polar surface area (TPSA) is 166 Å². The van der Waals surface area contributed by atoms with E-state index in [9.17, 15) is 22.8 Å². The Labute approximate surface area is 211 Å². The molecule has 3 aromatic rings. The largest absolute Gasteiger partial charge is 0.468 e. The van der Waals surface area contributed by atoms with Gasteiger partial charge in [-0.05, 0) is 55.5 Å². The average molecular weight is 530 g/mol. The maximum atomic E-state index is 12.7. The van der Waals surface area contributed by atoms with Crippen molar-refractivity contribution in [1.29, 1.82) is 0 Å². The minimum Gasteiger partial charge on any atom is -0.468 e. The van der Waals surface area contributed by atoms with Crippen molar-refractivity contribution in [3.8, 4) is 0 Å². The van der Waals surface area contributed by atoms with Crippen molar-refractivity contribution < 1.29 is 41.1 Å². The van der Waals surface area contributed by atoms with Gasteiger partial charge in [0, 0.05) is 0 Å². The number of esters is 2. The van der Waals surface area contributed by atoms with Crippen LogP contribution in [0.25, 0.3) is 0 Å². The van der Waals surface area contributed by atoms with E-state index in [1.54, 1.807) is 31.2 Å². The maximum Gasteiger partial charge on any atom is 0.338 e. The molecule has 0 unspecified atom stereocenters. The zero-order valence-corrected chi connectivity index (χ0v) is 20.4. The summed E-state index contributed by atoms with van der Waals surface area (Å²) in [7, 11) is -3.85. The van der Waals surface area contributed by atoms with Crippen LogP contribution in [-0.2, 0) is 30.8 Å². The van der Waals surface area contributed by atoms with Gasteiger partial charge in [-0.25, -0.2) is 27.5 Å². The van der Waals surface area contributed by atoms with Crippen molar-refractivity contribution in [3.63, 3.8) is 0 Å². The summed E-state index contributed by atoms with van der Waals surface area (Å²) in [5.74, 6) is -0.789. The molecule has 13 heteroatoms. The van der Waals surface area contributed by atoms with Crippen LogP contribution in [0.5, 0.6) is 0 Å². The summed E-state index contributed by atoms with van der Waals surface area (Å²) >= 11 is 0. The Bertz CT molecular complexity index is 1390. The fourth-order valence-electron chi connectivity index (χ4n) is 3.50. The monoisotopic (exact) mass is 529 g/mol. The highest BCUT2D eigenvalue weighted by atomic mass is 32.2. The summed E-state index contributed by atoms with van der Waals surface area (Å²) in [6.07, 6.45) is 2.82. The number of ether oxygens (including phenoxy) is 2. The van der Waals surface area contributed by atoms with Crippen LogP contribution in [0, 0.1) is 0 Å². The highest BCUT2D eigenvalue weighted by molar-refractivity contribution is 7.89. The van der Waals surface area contributed by atoms with Gasteiger partial charge in [-0.3, -0.25) is 0 Å². The molecule has 2 amide bonds. The molecule has 0 bridgehead atoms. The van der Waals surface area contributed by atoms with Gasteiger partial charge in [-0.1, -0.05) is 0 Å². The molecule has 12 nitrogen and oxygen atoms in total. The second kappa shape index (κ2) is 11.1. The number of carbonyl (C=O) groups excluding carboxylic acids is 3. The zero-order chi connectivity index (χ0) is 26.4. The molecule has 0 fully saturated rings. The maximum absolute atomic E-state index is 12.7. The fourth-order valence-corrected chi connectivity index (χ4v) is 4.50. The van der Waals surface area contributed by atoms with E-state index in [0.29, 0.717) is 11.5 Å². The number of sulfonamides is 1. The molecule has 1 aliphatic rings. The van der Waals surface area contributed by atoms with Gasteiger partial charge in [0.25, 0.3) is 0 Å². The molecule has 0 saturated heterocycles. The van der Waals surface area contributed by atoms with Crippen molar-refractivity contribution in [3.05, 3.63) is 89.4 Å². The van der Waals surface area contributed by atoms with Gasteiger partial charge in [0.2, 0.25) is 10.0 Å². The second-order valence-electron chi connectivity index (χ2n) is 7.66. The molecule has 3 N–H and O–H groups in total. The molecule has 1 atom stereocenters. The minimum atomic E-state index is -3.85. The molecular weight excluding hydrogens is 506 g/mol. The summed E-state index contributed by atoms with van der Waals surface area (Å²) in [4.78, 5) is 37.5. The Hall–Kier alpha value is -4.36. The number of carbonyl (C=O) groups is 3. The van der Waals surface area contributed by atoms with Gasteiger partial charge in [0.05, 0.1) is 47.4 Å². The normalized spacial score (nSPS) is 15.6. The zero-order valence-electron chi connectivity index (χ0n) is 19.6. The van der Waals surface area contributed by atoms with E-state index >= 15 is 0 Å². The highest BCUT2D eigenvalue weighted by Crippen LogP contribution is 2.28. The van der Waals surface area contributed by atoms with Gasteiger partial charge in [0.1, 0.15) is 24.2 Å². The predicted molar refractivity (Wildman–Crippen MR) is 126 cm³/mol. The standard InChI is InChI=1S/C24H23N3O9S/c1-2-33-23(29)20-18(26-24(30)27-21(20)19-6-4-12-35-19)14-36-22(28)15-7-9-17(10-8-15)37(31,32)25-13-16-5-3-11-34-16/h3-12,21,25H,2,13-14H2,1H3,(H2,26,27,30)/t21-/m0/s1. The molecular formula is C24H23N3O9S. The third kappa shape index (κ3) is 6.08. The first kappa shape index (κ1) is 25.7. The van der Waals surface area contributed by atoms with Crippen LogP contribution < -0.4 is 15.4 Å². The summed E-state index contributed by atoms with van der Waals surface area (Å²) in [5, 5.41) is 5.06. The third-order valence-corrected chi connectivity index (χ3v) is 6.66. The average Bonchev–Trinajstić information content (AvgIpc) is 3.61. The molecule has 0 spiro atoms. The first-order chi connectivity index (χ1) is 17.8. The fraction of sp³-hybridized carbons (Fsp3) is 0.208. The Morgan fingerprint density at radius 1 is 1.00 bits per heavy atom. The van der Waals surface area contributed by atoms with Crippen molar-refractivity contribution in [2.75, 3.05) is 13.2 Å². The van der Waals surface area contributed by atoms with E-state index in [2.05, 4.69) is 15.4 Å². The van der Waals surface area contributed by atoms with Crippen LogP contribution in [0.2, 0.25) is 0 Å². The van der Waals surface area contributed by atoms with E-state index in [1.807, 2.05) is 0 Å². The first-order valence-electron chi connectivity index (χ1n) is 11.1. The number of amides is 2. The Balaban J connectivity index is 1.47. The number of hydrogen-bond donors (Lipinski definition) is 3. The lowest BCUT2D eigenvalue weighted by molar-refractivity contribution is -0.139. The molecule has 1 aromatic carbocycles. The SMILES string of the molecule is CCOC(=O)C1=C(COC(=O)c2ccc(S(=O)(=O)NCc3ccco3)cc2)NC(=O)N[C@H]1c1ccco1. The van der Waals surface area contributed by atoms with Crippen LogP contribution in [0.15, 0.2) is 86.1 Å². The molecule has 0 radical (unpaired) electrons. The van der Waals surface area contributed by atoms with E-state index in [0.717, 1.165) is 0 Å². The van der Waals surface area contributed by atoms with Crippen molar-refractivity contribution >= 4 is 28.0 Å². The lowest BCUT2D eigenvalue weighted by Gasteiger charge is -2.27. The van der Waals surface area contributed by atoms with E-state index < -0.39 is 40.6 Å². The minimum absolute atomic E-state index is 0.0215. The lowest BCUT2D eigenvalue weighted by atomic mass is 10.0. The number of benzene rings is 1. The van der Waals surface area contributed by atoms with Gasteiger partial charge in [-0.2, -0.15) is 0 Å². The molecule has 3 heterocycles. The second-order valence-corrected chi connectivity index (χ2v) is 9.43. The molecule has 2 aromatic heterocycles. The summed E-state index contributed by atoms with van der Waals surface area (Å²) in [5.41, 5.74) is 0.109. The number of urea groups is 1. The molecule has 194 valence electrons. The highest BCUT2D eigenvalue weighted by Gasteiger charge is 2.35. The summed E-state index contributed by atoms with van der Waals surface area (Å²) < 4.78 is 48.2. The van der Waals surface area contributed by atoms with Crippen molar-refractivity contribution in [2.24, 2.45) is 0 Å². The van der Waals surface area contributed by atoms with E-state index in [4.69, 9.17) is 18.3 Å². The molecule has 37 heavy (non-hydrogen) atoms. The molecule has 0 aliphatic carbocycles. The number of hydrogen-bond acceptors (Lipinski definition) is 9. The van der Waals surface area contributed by atoms with Crippen LogP contribution in [-0.4, -0.2) is 39.6 Å². The lowest BCUT2D eigenvalue weighted by Crippen LogP contribution is -2.47. The van der Waals surface area contributed by atoms with Gasteiger partial charge in [-0.15, -0.1) is 0 Å². The summed E-state index contributed by atoms with van der Waals surface area (Å²) in [6.45, 7) is 1.23. The van der Waals surface area contributed by atoms with Crippen molar-refractivity contribution in [2.45, 2.75) is 24.4 Å². The van der Waals surface area contributed by atoms with Crippen LogP contribution in [0.4, 0.5) is 4.79 Å². The van der Waals surface area contributed by atoms with Crippen LogP contribution in [0.3, 0.4) is 0 Å². The van der Waals surface area contributed by atoms with Gasteiger partial charge < -0.3 is 28.9 Å². The Morgan fingerprint density at radius 3 is 2.38 bits per heavy atom. The third-order valence-electron chi connectivity index (χ3n) is 5.24. The van der Waals surface area contributed by atoms with Crippen LogP contribution in [0.1, 0.15) is 34.8 Å². The smallest absolute Gasteiger partial charge is 0.338 e. The number of furan rings is 2. The molecule has 1 aliphatic heterocycles. The quantitative estimate of drug-likeness (QED) is 0.334. The Kier molecular flexibility index (Phi) is 7.74. The molecule has 4 rings (SSSR count). The number of nitrogens with one attached hydrogen (secondary N) is 3. The Morgan fingerprint density at radius 2 is 1.73 bits per heavy atom. The van der Waals surface area contributed by atoms with Crippen LogP contribution >= 0.6 is 0 Å².